The Morgan fingerprint density at radius 1 is 1.44 bits per heavy atom. The van der Waals surface area contributed by atoms with Crippen molar-refractivity contribution in [1.29, 1.82) is 0 Å². The second-order valence-electron chi connectivity index (χ2n) is 4.14. The Bertz CT molecular complexity index is 619. The molecular weight excluding hydrogens is 220 g/mol. The van der Waals surface area contributed by atoms with Crippen LogP contribution in [0.3, 0.4) is 0 Å². The molecule has 1 aromatic heterocycles. The van der Waals surface area contributed by atoms with Gasteiger partial charge in [0.05, 0.1) is 10.2 Å². The number of carbonyl (C=O) groups excluding carboxylic acids is 1. The van der Waals surface area contributed by atoms with Gasteiger partial charge in [-0.05, 0) is 25.0 Å². The van der Waals surface area contributed by atoms with Gasteiger partial charge in [0.2, 0.25) is 0 Å². The number of hydrogen-bond donors (Lipinski definition) is 0. The van der Waals surface area contributed by atoms with Crippen LogP contribution in [0.2, 0.25) is 0 Å². The molecule has 0 atom stereocenters. The van der Waals surface area contributed by atoms with E-state index in [1.807, 2.05) is 29.8 Å². The first-order valence-corrected chi connectivity index (χ1v) is 6.20. The summed E-state index contributed by atoms with van der Waals surface area (Å²) in [5, 5.41) is 0. The maximum Gasteiger partial charge on any atom is 0.251 e. The summed E-state index contributed by atoms with van der Waals surface area (Å²) in [7, 11) is 1.96. The molecule has 1 amide bonds. The minimum atomic E-state index is 0.0437. The van der Waals surface area contributed by atoms with Crippen molar-refractivity contribution in [1.82, 2.24) is 4.57 Å². The molecule has 1 saturated carbocycles. The van der Waals surface area contributed by atoms with Crippen molar-refractivity contribution in [3.05, 3.63) is 29.1 Å². The number of aromatic nitrogens is 1. The third-order valence-corrected chi connectivity index (χ3v) is 3.96. The zero-order valence-electron chi connectivity index (χ0n) is 9.01. The predicted molar refractivity (Wildman–Crippen MR) is 64.1 cm³/mol. The van der Waals surface area contributed by atoms with Gasteiger partial charge in [0.15, 0.2) is 4.80 Å². The molecule has 0 saturated heterocycles. The van der Waals surface area contributed by atoms with E-state index in [1.54, 1.807) is 11.3 Å². The van der Waals surface area contributed by atoms with Crippen molar-refractivity contribution in [2.45, 2.75) is 12.8 Å². The highest BCUT2D eigenvalue weighted by Crippen LogP contribution is 2.30. The third-order valence-electron chi connectivity index (χ3n) is 2.85. The van der Waals surface area contributed by atoms with Gasteiger partial charge >= 0.3 is 0 Å². The quantitative estimate of drug-likeness (QED) is 0.741. The highest BCUT2D eigenvalue weighted by atomic mass is 32.1. The summed E-state index contributed by atoms with van der Waals surface area (Å²) in [6.07, 6.45) is 2.02. The fraction of sp³-hybridized carbons (Fsp3) is 0.333. The zero-order chi connectivity index (χ0) is 11.1. The number of aryl methyl sites for hydroxylation is 1. The van der Waals surface area contributed by atoms with E-state index in [2.05, 4.69) is 11.1 Å². The molecule has 3 nitrogen and oxygen atoms in total. The molecule has 1 aliphatic rings. The van der Waals surface area contributed by atoms with E-state index in [-0.39, 0.29) is 11.8 Å². The Kier molecular flexibility index (Phi) is 2.17. The van der Waals surface area contributed by atoms with Gasteiger partial charge in [-0.25, -0.2) is 0 Å². The SMILES string of the molecule is Cn1c(=NC(=O)C2CC2)sc2ccccc21. The third kappa shape index (κ3) is 1.59. The molecule has 0 unspecified atom stereocenters. The van der Waals surface area contributed by atoms with Crippen LogP contribution in [0.4, 0.5) is 0 Å². The summed E-state index contributed by atoms with van der Waals surface area (Å²) in [5.41, 5.74) is 1.13. The lowest BCUT2D eigenvalue weighted by Gasteiger charge is -1.93. The van der Waals surface area contributed by atoms with Gasteiger partial charge in [-0.15, -0.1) is 0 Å². The molecule has 16 heavy (non-hydrogen) atoms. The molecule has 0 radical (unpaired) electrons. The van der Waals surface area contributed by atoms with Gasteiger partial charge in [-0.2, -0.15) is 4.99 Å². The maximum absolute atomic E-state index is 11.6. The summed E-state index contributed by atoms with van der Waals surface area (Å²) in [4.78, 5) is 16.6. The summed E-state index contributed by atoms with van der Waals surface area (Å²) in [6, 6.07) is 8.11. The van der Waals surface area contributed by atoms with Gasteiger partial charge in [-0.1, -0.05) is 23.5 Å². The van der Waals surface area contributed by atoms with Crippen molar-refractivity contribution in [3.63, 3.8) is 0 Å². The number of para-hydroxylation sites is 1. The molecule has 0 aliphatic heterocycles. The van der Waals surface area contributed by atoms with Crippen molar-refractivity contribution in [2.75, 3.05) is 0 Å². The van der Waals surface area contributed by atoms with Crippen molar-refractivity contribution < 1.29 is 4.79 Å². The second-order valence-corrected chi connectivity index (χ2v) is 5.14. The van der Waals surface area contributed by atoms with E-state index in [1.165, 1.54) is 4.70 Å². The van der Waals surface area contributed by atoms with E-state index in [0.717, 1.165) is 23.2 Å². The first-order chi connectivity index (χ1) is 7.75. The molecule has 1 fully saturated rings. The molecule has 1 heterocycles. The van der Waals surface area contributed by atoms with Gasteiger partial charge in [0, 0.05) is 13.0 Å². The van der Waals surface area contributed by atoms with Crippen molar-refractivity contribution in [3.8, 4) is 0 Å². The van der Waals surface area contributed by atoms with Crippen molar-refractivity contribution in [2.24, 2.45) is 18.0 Å². The summed E-state index contributed by atoms with van der Waals surface area (Å²) < 4.78 is 3.16. The Labute approximate surface area is 97.1 Å². The Morgan fingerprint density at radius 3 is 2.88 bits per heavy atom. The van der Waals surface area contributed by atoms with E-state index in [9.17, 15) is 4.79 Å². The predicted octanol–water partition coefficient (Wildman–Crippen LogP) is 2.08. The maximum atomic E-state index is 11.6. The lowest BCUT2D eigenvalue weighted by Crippen LogP contribution is -2.13. The molecule has 1 aromatic carbocycles. The molecule has 1 aliphatic carbocycles. The van der Waals surface area contributed by atoms with E-state index < -0.39 is 0 Å². The van der Waals surface area contributed by atoms with Crippen LogP contribution in [0.5, 0.6) is 0 Å². The van der Waals surface area contributed by atoms with Crippen LogP contribution in [0.1, 0.15) is 12.8 Å². The average molecular weight is 232 g/mol. The number of benzene rings is 1. The number of amides is 1. The number of fused-ring (bicyclic) bond motifs is 1. The van der Waals surface area contributed by atoms with E-state index in [4.69, 9.17) is 0 Å². The summed E-state index contributed by atoms with van der Waals surface area (Å²) in [6.45, 7) is 0. The minimum absolute atomic E-state index is 0.0437. The normalized spacial score (nSPS) is 16.9. The van der Waals surface area contributed by atoms with Gasteiger partial charge in [0.1, 0.15) is 0 Å². The average Bonchev–Trinajstić information content (AvgIpc) is 3.08. The fourth-order valence-electron chi connectivity index (χ4n) is 1.70. The van der Waals surface area contributed by atoms with Gasteiger partial charge in [-0.3, -0.25) is 4.79 Å². The van der Waals surface area contributed by atoms with Crippen LogP contribution in [0, 0.1) is 5.92 Å². The number of nitrogens with zero attached hydrogens (tertiary/aromatic N) is 2. The highest BCUT2D eigenvalue weighted by molar-refractivity contribution is 7.16. The van der Waals surface area contributed by atoms with Crippen molar-refractivity contribution >= 4 is 27.5 Å². The monoisotopic (exact) mass is 232 g/mol. The molecular formula is C12H12N2OS. The number of hydrogen-bond acceptors (Lipinski definition) is 2. The molecule has 0 N–H and O–H groups in total. The Morgan fingerprint density at radius 2 is 2.19 bits per heavy atom. The van der Waals surface area contributed by atoms with Crippen LogP contribution in [-0.2, 0) is 11.8 Å². The highest BCUT2D eigenvalue weighted by Gasteiger charge is 2.29. The largest absolute Gasteiger partial charge is 0.319 e. The number of rotatable bonds is 1. The van der Waals surface area contributed by atoms with E-state index in [0.29, 0.717) is 0 Å². The zero-order valence-corrected chi connectivity index (χ0v) is 9.83. The van der Waals surface area contributed by atoms with Crippen LogP contribution < -0.4 is 4.80 Å². The molecule has 2 aromatic rings. The van der Waals surface area contributed by atoms with Crippen LogP contribution >= 0.6 is 11.3 Å². The van der Waals surface area contributed by atoms with Gasteiger partial charge < -0.3 is 4.57 Å². The lowest BCUT2D eigenvalue weighted by atomic mass is 10.3. The minimum Gasteiger partial charge on any atom is -0.319 e. The molecule has 82 valence electrons. The Hall–Kier alpha value is -1.42. The van der Waals surface area contributed by atoms with Crippen LogP contribution in [0.25, 0.3) is 10.2 Å². The van der Waals surface area contributed by atoms with Gasteiger partial charge in [0.25, 0.3) is 5.91 Å². The molecule has 0 bridgehead atoms. The number of carbonyl (C=O) groups is 1. The van der Waals surface area contributed by atoms with E-state index >= 15 is 0 Å². The molecule has 4 heteroatoms. The smallest absolute Gasteiger partial charge is 0.251 e. The fourth-order valence-corrected chi connectivity index (χ4v) is 2.73. The topological polar surface area (TPSA) is 34.4 Å². The lowest BCUT2D eigenvalue weighted by molar-refractivity contribution is -0.119. The first kappa shape index (κ1) is 9.78. The summed E-state index contributed by atoms with van der Waals surface area (Å²) >= 11 is 1.57. The van der Waals surface area contributed by atoms with Crippen LogP contribution in [-0.4, -0.2) is 10.5 Å². The second kappa shape index (κ2) is 3.56. The molecule has 3 rings (SSSR count). The number of thiazole rings is 1. The Balaban J connectivity index is 2.16. The standard InChI is InChI=1S/C12H12N2OS/c1-14-9-4-2-3-5-10(9)16-12(14)13-11(15)8-6-7-8/h2-5,8H,6-7H2,1H3. The molecule has 0 spiro atoms. The first-order valence-electron chi connectivity index (χ1n) is 5.39. The van der Waals surface area contributed by atoms with Crippen LogP contribution in [0.15, 0.2) is 29.3 Å². The summed E-state index contributed by atoms with van der Waals surface area (Å²) in [5.74, 6) is 0.243.